The molecule has 164 valence electrons. The van der Waals surface area contributed by atoms with Gasteiger partial charge in [0.1, 0.15) is 17.3 Å². The van der Waals surface area contributed by atoms with Crippen molar-refractivity contribution in [2.75, 3.05) is 11.8 Å². The molecule has 0 atom stereocenters. The van der Waals surface area contributed by atoms with Crippen molar-refractivity contribution in [3.05, 3.63) is 69.7 Å². The van der Waals surface area contributed by atoms with Crippen LogP contribution in [0, 0.1) is 6.92 Å². The number of nitrogens with one attached hydrogen (secondary N) is 1. The topological polar surface area (TPSA) is 94.6 Å². The lowest BCUT2D eigenvalue weighted by Gasteiger charge is -2.13. The van der Waals surface area contributed by atoms with Crippen LogP contribution in [0.3, 0.4) is 0 Å². The number of benzene rings is 2. The molecule has 0 aliphatic carbocycles. The molecule has 3 rings (SSSR count). The monoisotopic (exact) mass is 460 g/mol. The van der Waals surface area contributed by atoms with Crippen LogP contribution in [-0.4, -0.2) is 26.5 Å². The number of rotatable bonds is 9. The van der Waals surface area contributed by atoms with Crippen molar-refractivity contribution in [3.63, 3.8) is 0 Å². The van der Waals surface area contributed by atoms with E-state index >= 15 is 0 Å². The maximum absolute atomic E-state index is 12.9. The van der Waals surface area contributed by atoms with Gasteiger partial charge in [-0.15, -0.1) is 11.3 Å². The number of hydrogen-bond donors (Lipinski definition) is 1. The molecule has 1 heterocycles. The number of aryl methyl sites for hydroxylation is 2. The highest BCUT2D eigenvalue weighted by Gasteiger charge is 2.22. The molecule has 0 fully saturated rings. The van der Waals surface area contributed by atoms with Crippen molar-refractivity contribution in [1.82, 2.24) is 4.98 Å². The van der Waals surface area contributed by atoms with Gasteiger partial charge in [0.2, 0.25) is 0 Å². The summed E-state index contributed by atoms with van der Waals surface area (Å²) < 4.78 is 38.9. The standard InChI is InChI=1S/C22H24N2O5S2/c1-4-5-21-23-18(14-30-21)13-29-22(25)16-8-11-19(28-3)20(12-16)31(26,27)24-17-9-6-15(2)7-10-17/h6-12,14,24H,4-5,13H2,1-3H3. The summed E-state index contributed by atoms with van der Waals surface area (Å²) in [4.78, 5) is 16.8. The molecule has 31 heavy (non-hydrogen) atoms. The van der Waals surface area contributed by atoms with Crippen molar-refractivity contribution in [2.45, 2.75) is 38.2 Å². The van der Waals surface area contributed by atoms with Gasteiger partial charge in [0.25, 0.3) is 10.0 Å². The van der Waals surface area contributed by atoms with E-state index in [1.54, 1.807) is 24.3 Å². The Morgan fingerprint density at radius 3 is 2.58 bits per heavy atom. The fraction of sp³-hybridized carbons (Fsp3) is 0.273. The first kappa shape index (κ1) is 22.8. The molecule has 9 heteroatoms. The smallest absolute Gasteiger partial charge is 0.338 e. The number of hydrogen-bond acceptors (Lipinski definition) is 7. The van der Waals surface area contributed by atoms with Crippen LogP contribution in [0.15, 0.2) is 52.7 Å². The second-order valence-corrected chi connectivity index (χ2v) is 9.49. The van der Waals surface area contributed by atoms with Crippen molar-refractivity contribution < 1.29 is 22.7 Å². The molecule has 2 aromatic carbocycles. The summed E-state index contributed by atoms with van der Waals surface area (Å²) >= 11 is 1.53. The summed E-state index contributed by atoms with van der Waals surface area (Å²) in [5.74, 6) is -0.514. The molecule has 0 saturated heterocycles. The van der Waals surface area contributed by atoms with Gasteiger partial charge in [-0.3, -0.25) is 4.72 Å². The van der Waals surface area contributed by atoms with Gasteiger partial charge in [0, 0.05) is 11.1 Å². The highest BCUT2D eigenvalue weighted by molar-refractivity contribution is 7.92. The molecule has 1 N–H and O–H groups in total. The lowest BCUT2D eigenvalue weighted by Crippen LogP contribution is -2.15. The van der Waals surface area contributed by atoms with E-state index in [4.69, 9.17) is 9.47 Å². The molecular formula is C22H24N2O5S2. The van der Waals surface area contributed by atoms with Crippen LogP contribution in [-0.2, 0) is 27.8 Å². The number of nitrogens with zero attached hydrogens (tertiary/aromatic N) is 1. The molecule has 3 aromatic rings. The average molecular weight is 461 g/mol. The van der Waals surface area contributed by atoms with E-state index in [0.29, 0.717) is 11.4 Å². The van der Waals surface area contributed by atoms with Crippen LogP contribution in [0.1, 0.15) is 40.0 Å². The molecular weight excluding hydrogens is 436 g/mol. The number of sulfonamides is 1. The quantitative estimate of drug-likeness (QED) is 0.470. The lowest BCUT2D eigenvalue weighted by atomic mass is 10.2. The van der Waals surface area contributed by atoms with Crippen molar-refractivity contribution in [2.24, 2.45) is 0 Å². The number of aromatic nitrogens is 1. The Bertz CT molecular complexity index is 1150. The van der Waals surface area contributed by atoms with Gasteiger partial charge in [-0.25, -0.2) is 18.2 Å². The van der Waals surface area contributed by atoms with E-state index in [1.807, 2.05) is 12.3 Å². The Hall–Kier alpha value is -2.91. The Kier molecular flexibility index (Phi) is 7.29. The molecule has 1 aromatic heterocycles. The van der Waals surface area contributed by atoms with E-state index in [0.717, 1.165) is 23.4 Å². The van der Waals surface area contributed by atoms with Gasteiger partial charge < -0.3 is 9.47 Å². The third kappa shape index (κ3) is 5.83. The molecule has 0 spiro atoms. The number of carbonyl (C=O) groups excluding carboxylic acids is 1. The third-order valence-electron chi connectivity index (χ3n) is 4.41. The minimum atomic E-state index is -3.99. The van der Waals surface area contributed by atoms with Crippen LogP contribution in [0.5, 0.6) is 5.75 Å². The number of methoxy groups -OCH3 is 1. The van der Waals surface area contributed by atoms with Crippen LogP contribution >= 0.6 is 11.3 Å². The highest BCUT2D eigenvalue weighted by Crippen LogP contribution is 2.27. The zero-order chi connectivity index (χ0) is 22.4. The Balaban J connectivity index is 1.78. The zero-order valence-electron chi connectivity index (χ0n) is 17.5. The van der Waals surface area contributed by atoms with E-state index in [-0.39, 0.29) is 22.8 Å². The Labute approximate surface area is 186 Å². The fourth-order valence-electron chi connectivity index (χ4n) is 2.81. The number of ether oxygens (including phenoxy) is 2. The second-order valence-electron chi connectivity index (χ2n) is 6.90. The maximum atomic E-state index is 12.9. The summed E-state index contributed by atoms with van der Waals surface area (Å²) in [6.45, 7) is 4.01. The summed E-state index contributed by atoms with van der Waals surface area (Å²) in [6.07, 6.45) is 1.87. The molecule has 0 aliphatic heterocycles. The van der Waals surface area contributed by atoms with E-state index in [2.05, 4.69) is 16.6 Å². The van der Waals surface area contributed by atoms with E-state index in [1.165, 1.54) is 36.6 Å². The lowest BCUT2D eigenvalue weighted by molar-refractivity contribution is 0.0468. The molecule has 7 nitrogen and oxygen atoms in total. The van der Waals surface area contributed by atoms with Crippen LogP contribution in [0.4, 0.5) is 5.69 Å². The van der Waals surface area contributed by atoms with Gasteiger partial charge in [0.05, 0.1) is 23.4 Å². The number of carbonyl (C=O) groups is 1. The normalized spacial score (nSPS) is 11.2. The zero-order valence-corrected chi connectivity index (χ0v) is 19.2. The number of esters is 1. The molecule has 0 amide bonds. The molecule has 0 bridgehead atoms. The number of thiazole rings is 1. The van der Waals surface area contributed by atoms with Gasteiger partial charge in [0.15, 0.2) is 0 Å². The largest absolute Gasteiger partial charge is 0.495 e. The summed E-state index contributed by atoms with van der Waals surface area (Å²) in [7, 11) is -2.62. The third-order valence-corrected chi connectivity index (χ3v) is 6.77. The first-order chi connectivity index (χ1) is 14.8. The summed E-state index contributed by atoms with van der Waals surface area (Å²) in [5.41, 5.74) is 2.19. The highest BCUT2D eigenvalue weighted by atomic mass is 32.2. The predicted molar refractivity (Wildman–Crippen MR) is 120 cm³/mol. The van der Waals surface area contributed by atoms with Gasteiger partial charge >= 0.3 is 5.97 Å². The van der Waals surface area contributed by atoms with Crippen LogP contribution in [0.2, 0.25) is 0 Å². The molecule has 0 radical (unpaired) electrons. The Morgan fingerprint density at radius 2 is 1.90 bits per heavy atom. The molecule has 0 unspecified atom stereocenters. The van der Waals surface area contributed by atoms with Crippen LogP contribution in [0.25, 0.3) is 0 Å². The molecule has 0 aliphatic rings. The van der Waals surface area contributed by atoms with Gasteiger partial charge in [-0.05, 0) is 50.1 Å². The van der Waals surface area contributed by atoms with E-state index in [9.17, 15) is 13.2 Å². The minimum Gasteiger partial charge on any atom is -0.495 e. The van der Waals surface area contributed by atoms with Crippen molar-refractivity contribution >= 4 is 33.0 Å². The summed E-state index contributed by atoms with van der Waals surface area (Å²) in [6, 6.07) is 11.1. The van der Waals surface area contributed by atoms with E-state index < -0.39 is 16.0 Å². The van der Waals surface area contributed by atoms with Crippen molar-refractivity contribution in [1.29, 1.82) is 0 Å². The fourth-order valence-corrected chi connectivity index (χ4v) is 4.95. The predicted octanol–water partition coefficient (Wildman–Crippen LogP) is 4.57. The Morgan fingerprint density at radius 1 is 1.16 bits per heavy atom. The first-order valence-corrected chi connectivity index (χ1v) is 12.1. The first-order valence-electron chi connectivity index (χ1n) is 9.70. The van der Waals surface area contributed by atoms with Crippen LogP contribution < -0.4 is 9.46 Å². The SMILES string of the molecule is CCCc1nc(COC(=O)c2ccc(OC)c(S(=O)(=O)Nc3ccc(C)cc3)c2)cs1. The maximum Gasteiger partial charge on any atom is 0.338 e. The summed E-state index contributed by atoms with van der Waals surface area (Å²) in [5, 5.41) is 2.85. The minimum absolute atomic E-state index is 0.0226. The van der Waals surface area contributed by atoms with Crippen molar-refractivity contribution in [3.8, 4) is 5.75 Å². The second kappa shape index (κ2) is 9.93. The van der Waals surface area contributed by atoms with Gasteiger partial charge in [-0.2, -0.15) is 0 Å². The average Bonchev–Trinajstić information content (AvgIpc) is 3.21. The van der Waals surface area contributed by atoms with Gasteiger partial charge in [-0.1, -0.05) is 24.6 Å². The number of anilines is 1. The molecule has 0 saturated carbocycles.